The molecular weight excluding hydrogens is 489 g/mol. The third kappa shape index (κ3) is 5.16. The highest BCUT2D eigenvalue weighted by Gasteiger charge is 2.18. The van der Waals surface area contributed by atoms with Crippen molar-refractivity contribution < 1.29 is 18.5 Å². The van der Waals surface area contributed by atoms with E-state index in [0.29, 0.717) is 37.1 Å². The lowest BCUT2D eigenvalue weighted by atomic mass is 10.1. The van der Waals surface area contributed by atoms with Crippen LogP contribution in [0.4, 0.5) is 0 Å². The normalized spacial score (nSPS) is 11.6. The first kappa shape index (κ1) is 25.1. The van der Waals surface area contributed by atoms with Crippen LogP contribution >= 0.6 is 8.38 Å². The second-order valence-corrected chi connectivity index (χ2v) is 9.84. The smallest absolute Gasteiger partial charge is 0.175 e. The molecule has 3 aromatic heterocycles. The van der Waals surface area contributed by atoms with Gasteiger partial charge in [0.25, 0.3) is 0 Å². The van der Waals surface area contributed by atoms with Gasteiger partial charge in [-0.05, 0) is 31.0 Å². The second-order valence-electron chi connectivity index (χ2n) is 8.34. The van der Waals surface area contributed by atoms with Gasteiger partial charge in [0.05, 0.1) is 44.8 Å². The van der Waals surface area contributed by atoms with Gasteiger partial charge in [-0.1, -0.05) is 24.3 Å². The fraction of sp³-hybridized carbons (Fsp3) is 0.296. The lowest BCUT2D eigenvalue weighted by Crippen LogP contribution is -2.02. The topological polar surface area (TPSA) is 85.5 Å². The maximum atomic E-state index is 5.77. The van der Waals surface area contributed by atoms with Gasteiger partial charge in [0, 0.05) is 36.6 Å². The Morgan fingerprint density at radius 1 is 0.892 bits per heavy atom. The fourth-order valence-electron chi connectivity index (χ4n) is 4.34. The van der Waals surface area contributed by atoms with Crippen LogP contribution in [0.3, 0.4) is 0 Å². The summed E-state index contributed by atoms with van der Waals surface area (Å²) in [6.07, 6.45) is 7.96. The van der Waals surface area contributed by atoms with Crippen LogP contribution in [0.25, 0.3) is 27.8 Å². The monoisotopic (exact) mass is 519 g/mol. The van der Waals surface area contributed by atoms with Crippen LogP contribution in [-0.4, -0.2) is 51.5 Å². The van der Waals surface area contributed by atoms with E-state index in [1.165, 1.54) is 5.56 Å². The summed E-state index contributed by atoms with van der Waals surface area (Å²) in [6, 6.07) is 12.5. The number of hydrogen-bond donors (Lipinski definition) is 0. The standard InChI is InChI=1S/C27H30N5O4P/c1-5-35-37(36-6-2)16-20-9-7-19(8-10-20)15-32-18-29-25-26(32)21-13-23(33-3)24(34-4)14-22(21)30-27(25)31-12-11-28-17-31/h7-14,17-18H,5-6,15-16H2,1-4H3. The van der Waals surface area contributed by atoms with E-state index in [2.05, 4.69) is 33.8 Å². The maximum absolute atomic E-state index is 5.77. The van der Waals surface area contributed by atoms with Gasteiger partial charge in [0.1, 0.15) is 11.8 Å². The summed E-state index contributed by atoms with van der Waals surface area (Å²) in [5, 5.41) is 0.935. The quantitative estimate of drug-likeness (QED) is 0.206. The largest absolute Gasteiger partial charge is 0.493 e. The van der Waals surface area contributed by atoms with E-state index >= 15 is 0 Å². The van der Waals surface area contributed by atoms with E-state index in [4.69, 9.17) is 28.5 Å². The Morgan fingerprint density at radius 3 is 2.24 bits per heavy atom. The molecule has 0 saturated heterocycles. The van der Waals surface area contributed by atoms with Gasteiger partial charge in [-0.15, -0.1) is 0 Å². The number of benzene rings is 2. The number of hydrogen-bond acceptors (Lipinski definition) is 7. The predicted molar refractivity (Wildman–Crippen MR) is 145 cm³/mol. The molecule has 5 aromatic rings. The highest BCUT2D eigenvalue weighted by atomic mass is 31.2. The molecule has 5 rings (SSSR count). The van der Waals surface area contributed by atoms with Gasteiger partial charge < -0.3 is 23.1 Å². The highest BCUT2D eigenvalue weighted by molar-refractivity contribution is 7.46. The van der Waals surface area contributed by atoms with Crippen LogP contribution in [0.5, 0.6) is 11.5 Å². The van der Waals surface area contributed by atoms with Crippen molar-refractivity contribution in [1.82, 2.24) is 24.1 Å². The maximum Gasteiger partial charge on any atom is 0.175 e. The van der Waals surface area contributed by atoms with E-state index in [1.54, 1.807) is 26.7 Å². The van der Waals surface area contributed by atoms with Crippen LogP contribution in [0.1, 0.15) is 25.0 Å². The van der Waals surface area contributed by atoms with E-state index in [9.17, 15) is 0 Å². The third-order valence-corrected chi connectivity index (χ3v) is 7.73. The minimum atomic E-state index is -0.913. The van der Waals surface area contributed by atoms with Crippen molar-refractivity contribution in [2.75, 3.05) is 27.4 Å². The predicted octanol–water partition coefficient (Wildman–Crippen LogP) is 5.72. The molecule has 192 valence electrons. The van der Waals surface area contributed by atoms with Gasteiger partial charge in [-0.2, -0.15) is 0 Å². The lowest BCUT2D eigenvalue weighted by Gasteiger charge is -2.16. The molecule has 37 heavy (non-hydrogen) atoms. The number of rotatable bonds is 11. The molecule has 0 amide bonds. The molecule has 0 aliphatic carbocycles. The van der Waals surface area contributed by atoms with E-state index in [1.807, 2.05) is 43.1 Å². The van der Waals surface area contributed by atoms with Gasteiger partial charge >= 0.3 is 0 Å². The van der Waals surface area contributed by atoms with E-state index in [-0.39, 0.29) is 0 Å². The van der Waals surface area contributed by atoms with Crippen molar-refractivity contribution in [3.8, 4) is 17.3 Å². The number of pyridine rings is 1. The lowest BCUT2D eigenvalue weighted by molar-refractivity contribution is 0.268. The molecule has 0 atom stereocenters. The van der Waals surface area contributed by atoms with Crippen molar-refractivity contribution in [2.45, 2.75) is 26.6 Å². The molecule has 2 aromatic carbocycles. The van der Waals surface area contributed by atoms with Crippen LogP contribution in [-0.2, 0) is 21.8 Å². The average Bonchev–Trinajstić information content (AvgIpc) is 3.60. The van der Waals surface area contributed by atoms with Crippen LogP contribution in [0.2, 0.25) is 0 Å². The number of fused-ring (bicyclic) bond motifs is 3. The summed E-state index contributed by atoms with van der Waals surface area (Å²) in [7, 11) is 2.35. The minimum Gasteiger partial charge on any atom is -0.493 e. The summed E-state index contributed by atoms with van der Waals surface area (Å²) in [4.78, 5) is 13.9. The third-order valence-electron chi connectivity index (χ3n) is 6.02. The van der Waals surface area contributed by atoms with Crippen LogP contribution in [0, 0.1) is 0 Å². The Kier molecular flexibility index (Phi) is 7.65. The zero-order valence-electron chi connectivity index (χ0n) is 21.4. The van der Waals surface area contributed by atoms with Crippen molar-refractivity contribution in [1.29, 1.82) is 0 Å². The molecular formula is C27H30N5O4P. The molecule has 0 bridgehead atoms. The van der Waals surface area contributed by atoms with Crippen LogP contribution in [0.15, 0.2) is 61.4 Å². The molecule has 0 aliphatic heterocycles. The number of ether oxygens (including phenoxy) is 2. The first-order chi connectivity index (χ1) is 18.1. The number of nitrogens with zero attached hydrogens (tertiary/aromatic N) is 5. The van der Waals surface area contributed by atoms with Gasteiger partial charge in [0.2, 0.25) is 0 Å². The number of imidazole rings is 2. The van der Waals surface area contributed by atoms with Crippen molar-refractivity contribution >= 4 is 30.3 Å². The average molecular weight is 520 g/mol. The summed E-state index contributed by atoms with van der Waals surface area (Å²) >= 11 is 0. The van der Waals surface area contributed by atoms with Crippen molar-refractivity contribution in [2.24, 2.45) is 0 Å². The molecule has 10 heteroatoms. The summed E-state index contributed by atoms with van der Waals surface area (Å²) in [5.41, 5.74) is 4.89. The number of aromatic nitrogens is 5. The summed E-state index contributed by atoms with van der Waals surface area (Å²) in [6.45, 7) is 5.95. The zero-order valence-corrected chi connectivity index (χ0v) is 22.3. The van der Waals surface area contributed by atoms with Crippen LogP contribution < -0.4 is 9.47 Å². The highest BCUT2D eigenvalue weighted by Crippen LogP contribution is 2.42. The van der Waals surface area contributed by atoms with Crippen molar-refractivity contribution in [3.63, 3.8) is 0 Å². The molecule has 0 spiro atoms. The molecule has 0 saturated carbocycles. The second kappa shape index (κ2) is 11.3. The zero-order chi connectivity index (χ0) is 25.8. The molecule has 0 radical (unpaired) electrons. The summed E-state index contributed by atoms with van der Waals surface area (Å²) in [5.74, 6) is 1.98. The Balaban J connectivity index is 1.55. The Morgan fingerprint density at radius 2 is 1.59 bits per heavy atom. The minimum absolute atomic E-state index is 0.624. The molecule has 3 heterocycles. The van der Waals surface area contributed by atoms with Gasteiger partial charge in [-0.25, -0.2) is 15.0 Å². The Bertz CT molecular complexity index is 1480. The Labute approximate surface area is 216 Å². The van der Waals surface area contributed by atoms with Gasteiger partial charge in [0.15, 0.2) is 25.7 Å². The number of methoxy groups -OCH3 is 2. The molecule has 9 nitrogen and oxygen atoms in total. The first-order valence-corrected chi connectivity index (χ1v) is 13.5. The molecule has 0 N–H and O–H groups in total. The molecule has 0 unspecified atom stereocenters. The Hall–Kier alpha value is -3.52. The van der Waals surface area contributed by atoms with Crippen molar-refractivity contribution in [3.05, 3.63) is 72.6 Å². The first-order valence-electron chi connectivity index (χ1n) is 12.1. The molecule has 0 aliphatic rings. The van der Waals surface area contributed by atoms with Gasteiger partial charge in [-0.3, -0.25) is 4.57 Å². The van der Waals surface area contributed by atoms with E-state index in [0.717, 1.165) is 33.7 Å². The van der Waals surface area contributed by atoms with E-state index < -0.39 is 8.38 Å². The summed E-state index contributed by atoms with van der Waals surface area (Å²) < 4.78 is 26.7. The molecule has 0 fully saturated rings. The fourth-order valence-corrected chi connectivity index (χ4v) is 5.68. The SMILES string of the molecule is CCOP(Cc1ccc(Cn2cnc3c(-n4ccnc4)nc4cc(OC)c(OC)cc4c32)cc1)OCC.